The summed E-state index contributed by atoms with van der Waals surface area (Å²) in [4.78, 5) is 26.3. The molecule has 2 fully saturated rings. The molecule has 1 N–H and O–H groups in total. The Kier molecular flexibility index (Phi) is 3.39. The second-order valence-electron chi connectivity index (χ2n) is 6.88. The zero-order valence-electron chi connectivity index (χ0n) is 11.8. The Morgan fingerprint density at radius 2 is 1.83 bits per heavy atom. The fourth-order valence-electron chi connectivity index (χ4n) is 2.86. The van der Waals surface area contributed by atoms with Gasteiger partial charge in [0.05, 0.1) is 0 Å². The number of hydrogen-bond donors (Lipinski definition) is 1. The third-order valence-corrected chi connectivity index (χ3v) is 4.07. The maximum atomic E-state index is 12.6. The van der Waals surface area contributed by atoms with Crippen molar-refractivity contribution in [3.63, 3.8) is 0 Å². The first-order valence-corrected chi connectivity index (χ1v) is 6.89. The van der Waals surface area contributed by atoms with E-state index in [1.807, 2.05) is 25.7 Å². The van der Waals surface area contributed by atoms with Gasteiger partial charge in [-0.25, -0.2) is 0 Å². The minimum atomic E-state index is -0.386. The van der Waals surface area contributed by atoms with E-state index in [9.17, 15) is 9.59 Å². The molecule has 0 aromatic heterocycles. The van der Waals surface area contributed by atoms with Crippen molar-refractivity contribution < 1.29 is 9.59 Å². The van der Waals surface area contributed by atoms with Gasteiger partial charge in [0, 0.05) is 19.0 Å². The van der Waals surface area contributed by atoms with Crippen LogP contribution in [0.15, 0.2) is 0 Å². The molecule has 0 aromatic rings. The Labute approximate surface area is 109 Å². The second kappa shape index (κ2) is 4.56. The van der Waals surface area contributed by atoms with Gasteiger partial charge in [-0.3, -0.25) is 9.59 Å². The van der Waals surface area contributed by atoms with Crippen molar-refractivity contribution in [1.82, 2.24) is 10.2 Å². The molecule has 2 amide bonds. The number of amides is 2. The highest BCUT2D eigenvalue weighted by molar-refractivity contribution is 5.90. The van der Waals surface area contributed by atoms with Crippen LogP contribution in [0.3, 0.4) is 0 Å². The molecule has 0 bridgehead atoms. The van der Waals surface area contributed by atoms with Crippen LogP contribution in [-0.2, 0) is 9.59 Å². The van der Waals surface area contributed by atoms with E-state index >= 15 is 0 Å². The molecule has 1 heterocycles. The number of hydrogen-bond acceptors (Lipinski definition) is 2. The summed E-state index contributed by atoms with van der Waals surface area (Å²) in [6, 6.07) is -0.0338. The molecule has 1 aliphatic carbocycles. The van der Waals surface area contributed by atoms with Gasteiger partial charge in [0.25, 0.3) is 0 Å². The minimum Gasteiger partial charge on any atom is -0.344 e. The van der Waals surface area contributed by atoms with Crippen molar-refractivity contribution in [3.05, 3.63) is 0 Å². The quantitative estimate of drug-likeness (QED) is 0.769. The Hall–Kier alpha value is -1.06. The molecule has 1 saturated carbocycles. The highest BCUT2D eigenvalue weighted by atomic mass is 16.2. The monoisotopic (exact) mass is 252 g/mol. The summed E-state index contributed by atoms with van der Waals surface area (Å²) in [5.41, 5.74) is -0.231. The zero-order chi connectivity index (χ0) is 13.5. The standard InChI is InChI=1S/C14H24N2O2/c1-9-7-10(8-9)16-6-5-11(17)15-12(13(16)18)14(2,3)4/h9-10,12H,5-8H2,1-4H3,(H,15,17). The predicted octanol–water partition coefficient (Wildman–Crippen LogP) is 1.55. The molecule has 2 aliphatic rings. The van der Waals surface area contributed by atoms with Crippen LogP contribution < -0.4 is 5.32 Å². The number of carbonyl (C=O) groups excluding carboxylic acids is 2. The lowest BCUT2D eigenvalue weighted by Crippen LogP contribution is -2.56. The van der Waals surface area contributed by atoms with Gasteiger partial charge in [0.15, 0.2) is 0 Å². The van der Waals surface area contributed by atoms with E-state index in [2.05, 4.69) is 12.2 Å². The summed E-state index contributed by atoms with van der Waals surface area (Å²) in [5.74, 6) is 0.811. The van der Waals surface area contributed by atoms with E-state index in [-0.39, 0.29) is 23.3 Å². The highest BCUT2D eigenvalue weighted by Gasteiger charge is 2.42. The first kappa shape index (κ1) is 13.4. The summed E-state index contributed by atoms with van der Waals surface area (Å²) in [5, 5.41) is 2.88. The molecular weight excluding hydrogens is 228 g/mol. The van der Waals surface area contributed by atoms with Crippen LogP contribution >= 0.6 is 0 Å². The fraction of sp³-hybridized carbons (Fsp3) is 0.857. The molecule has 4 heteroatoms. The van der Waals surface area contributed by atoms with E-state index in [4.69, 9.17) is 0 Å². The summed E-state index contributed by atoms with van der Waals surface area (Å²) < 4.78 is 0. The molecule has 0 aromatic carbocycles. The van der Waals surface area contributed by atoms with Gasteiger partial charge in [-0.15, -0.1) is 0 Å². The molecular formula is C14H24N2O2. The lowest BCUT2D eigenvalue weighted by molar-refractivity contribution is -0.140. The normalized spacial score (nSPS) is 33.8. The van der Waals surface area contributed by atoms with E-state index in [1.54, 1.807) is 0 Å². The molecule has 1 unspecified atom stereocenters. The lowest BCUT2D eigenvalue weighted by Gasteiger charge is -2.43. The molecule has 18 heavy (non-hydrogen) atoms. The van der Waals surface area contributed by atoms with Crippen molar-refractivity contribution >= 4 is 11.8 Å². The number of carbonyl (C=O) groups is 2. The van der Waals surface area contributed by atoms with Crippen molar-refractivity contribution in [2.45, 2.75) is 59.0 Å². The van der Waals surface area contributed by atoms with E-state index in [1.165, 1.54) is 0 Å². The van der Waals surface area contributed by atoms with Crippen LogP contribution in [0.2, 0.25) is 0 Å². The SMILES string of the molecule is CC1CC(N2CCC(=O)NC(C(C)(C)C)C2=O)C1. The summed E-state index contributed by atoms with van der Waals surface area (Å²) >= 11 is 0. The highest BCUT2D eigenvalue weighted by Crippen LogP contribution is 2.33. The number of nitrogens with one attached hydrogen (secondary N) is 1. The Morgan fingerprint density at radius 1 is 1.22 bits per heavy atom. The van der Waals surface area contributed by atoms with Gasteiger partial charge in [-0.1, -0.05) is 27.7 Å². The van der Waals surface area contributed by atoms with Crippen molar-refractivity contribution in [1.29, 1.82) is 0 Å². The number of nitrogens with zero attached hydrogens (tertiary/aromatic N) is 1. The maximum absolute atomic E-state index is 12.6. The molecule has 1 atom stereocenters. The molecule has 4 nitrogen and oxygen atoms in total. The van der Waals surface area contributed by atoms with Crippen LogP contribution in [0.25, 0.3) is 0 Å². The average Bonchev–Trinajstić information content (AvgIpc) is 2.34. The minimum absolute atomic E-state index is 0.00172. The first-order chi connectivity index (χ1) is 8.29. The van der Waals surface area contributed by atoms with Crippen molar-refractivity contribution in [3.8, 4) is 0 Å². The van der Waals surface area contributed by atoms with Gasteiger partial charge in [0.1, 0.15) is 6.04 Å². The third kappa shape index (κ3) is 2.52. The topological polar surface area (TPSA) is 49.4 Å². The molecule has 1 saturated heterocycles. The molecule has 1 aliphatic heterocycles. The van der Waals surface area contributed by atoms with E-state index in [0.717, 1.165) is 12.8 Å². The van der Waals surface area contributed by atoms with Crippen molar-refractivity contribution in [2.75, 3.05) is 6.54 Å². The molecule has 0 radical (unpaired) electrons. The van der Waals surface area contributed by atoms with Crippen LogP contribution in [0.4, 0.5) is 0 Å². The van der Waals surface area contributed by atoms with Crippen LogP contribution in [-0.4, -0.2) is 35.3 Å². The van der Waals surface area contributed by atoms with Crippen molar-refractivity contribution in [2.24, 2.45) is 11.3 Å². The van der Waals surface area contributed by atoms with E-state index < -0.39 is 0 Å². The maximum Gasteiger partial charge on any atom is 0.245 e. The summed E-state index contributed by atoms with van der Waals surface area (Å²) in [6.45, 7) is 8.80. The molecule has 0 spiro atoms. The van der Waals surface area contributed by atoms with Crippen LogP contribution in [0.5, 0.6) is 0 Å². The van der Waals surface area contributed by atoms with Crippen LogP contribution in [0, 0.1) is 11.3 Å². The summed E-state index contributed by atoms with van der Waals surface area (Å²) in [7, 11) is 0. The zero-order valence-corrected chi connectivity index (χ0v) is 11.8. The van der Waals surface area contributed by atoms with Gasteiger partial charge in [-0.05, 0) is 24.2 Å². The largest absolute Gasteiger partial charge is 0.344 e. The smallest absolute Gasteiger partial charge is 0.245 e. The van der Waals surface area contributed by atoms with Crippen LogP contribution in [0.1, 0.15) is 47.0 Å². The predicted molar refractivity (Wildman–Crippen MR) is 69.9 cm³/mol. The van der Waals surface area contributed by atoms with Gasteiger partial charge >= 0.3 is 0 Å². The average molecular weight is 252 g/mol. The molecule has 2 rings (SSSR count). The number of rotatable bonds is 1. The Morgan fingerprint density at radius 3 is 2.33 bits per heavy atom. The fourth-order valence-corrected chi connectivity index (χ4v) is 2.86. The van der Waals surface area contributed by atoms with E-state index in [0.29, 0.717) is 24.9 Å². The van der Waals surface area contributed by atoms with Gasteiger partial charge in [-0.2, -0.15) is 0 Å². The first-order valence-electron chi connectivity index (χ1n) is 6.89. The summed E-state index contributed by atoms with van der Waals surface area (Å²) in [6.07, 6.45) is 2.59. The Balaban J connectivity index is 2.16. The van der Waals surface area contributed by atoms with Gasteiger partial charge in [0.2, 0.25) is 11.8 Å². The Bertz CT molecular complexity index is 353. The third-order valence-electron chi connectivity index (χ3n) is 4.07. The second-order valence-corrected chi connectivity index (χ2v) is 6.88. The molecule has 102 valence electrons. The van der Waals surface area contributed by atoms with Gasteiger partial charge < -0.3 is 10.2 Å². The lowest BCUT2D eigenvalue weighted by atomic mass is 9.79.